The Balaban J connectivity index is 1.89. The van der Waals surface area contributed by atoms with Crippen LogP contribution in [0.4, 0.5) is 0 Å². The number of nitrogens with one attached hydrogen (secondary N) is 2. The Morgan fingerprint density at radius 3 is 2.76 bits per heavy atom. The third-order valence-electron chi connectivity index (χ3n) is 8.98. The number of aliphatic imine (C=N–C) groups is 1. The molecule has 3 aliphatic carbocycles. The summed E-state index contributed by atoms with van der Waals surface area (Å²) in [4.78, 5) is 31.0. The van der Waals surface area contributed by atoms with Crippen LogP contribution in [0.1, 0.15) is 32.6 Å². The third-order valence-corrected chi connectivity index (χ3v) is 8.98. The van der Waals surface area contributed by atoms with Gasteiger partial charge in [0.05, 0.1) is 12.1 Å². The van der Waals surface area contributed by atoms with E-state index in [-0.39, 0.29) is 35.2 Å². The number of carbonyl (C=O) groups is 2. The van der Waals surface area contributed by atoms with Crippen molar-refractivity contribution in [1.29, 1.82) is 0 Å². The summed E-state index contributed by atoms with van der Waals surface area (Å²) in [6.07, 6.45) is 7.24. The first-order chi connectivity index (χ1) is 15.7. The van der Waals surface area contributed by atoms with Gasteiger partial charge in [0.25, 0.3) is 0 Å². The van der Waals surface area contributed by atoms with E-state index in [0.717, 1.165) is 31.5 Å². The topological polar surface area (TPSA) is 140 Å². The molecule has 6 atom stereocenters. The quantitative estimate of drug-likeness (QED) is 0.159. The van der Waals surface area contributed by atoms with Crippen molar-refractivity contribution in [3.05, 3.63) is 23.4 Å². The Hall–Kier alpha value is -2.23. The fourth-order valence-electron chi connectivity index (χ4n) is 7.77. The monoisotopic (exact) mass is 459 g/mol. The zero-order valence-corrected chi connectivity index (χ0v) is 19.8. The first-order valence-corrected chi connectivity index (χ1v) is 11.9. The molecule has 4 aliphatic rings. The number of carboxylic acids is 1. The van der Waals surface area contributed by atoms with Crippen LogP contribution in [0.5, 0.6) is 0 Å². The van der Waals surface area contributed by atoms with E-state index in [9.17, 15) is 19.8 Å². The lowest BCUT2D eigenvalue weighted by Crippen LogP contribution is -2.62. The molecule has 1 aliphatic heterocycles. The zero-order chi connectivity index (χ0) is 24.0. The van der Waals surface area contributed by atoms with Crippen LogP contribution in [-0.2, 0) is 9.59 Å². The van der Waals surface area contributed by atoms with Crippen LogP contribution < -0.4 is 16.4 Å². The first-order valence-electron chi connectivity index (χ1n) is 11.9. The maximum atomic E-state index is 12.3. The molecule has 2 bridgehead atoms. The molecule has 0 aromatic carbocycles. The molecule has 2 fully saturated rings. The molecule has 0 aromatic heterocycles. The summed E-state index contributed by atoms with van der Waals surface area (Å²) in [5.41, 5.74) is 4.17. The van der Waals surface area contributed by atoms with E-state index in [0.29, 0.717) is 31.8 Å². The number of carboxylic acid groups (broad SMARTS) is 1. The number of guanidine groups is 1. The van der Waals surface area contributed by atoms with Gasteiger partial charge in [0.1, 0.15) is 0 Å². The number of allylic oxidation sites excluding steroid dienone is 1. The van der Waals surface area contributed by atoms with Crippen LogP contribution >= 0.6 is 0 Å². The molecule has 4 rings (SSSR count). The van der Waals surface area contributed by atoms with E-state index in [2.05, 4.69) is 28.6 Å². The minimum absolute atomic E-state index is 0.0897. The Kier molecular flexibility index (Phi) is 6.18. The number of likely N-dealkylation sites (N-methyl/N-ethyl adjacent to an activating group) is 1. The third kappa shape index (κ3) is 3.19. The van der Waals surface area contributed by atoms with E-state index in [1.807, 2.05) is 25.2 Å². The molecule has 9 nitrogen and oxygen atoms in total. The number of aliphatic carboxylic acids is 1. The Bertz CT molecular complexity index is 917. The molecule has 0 unspecified atom stereocenters. The van der Waals surface area contributed by atoms with Gasteiger partial charge in [0.15, 0.2) is 17.8 Å². The van der Waals surface area contributed by atoms with Crippen molar-refractivity contribution in [2.45, 2.75) is 38.2 Å². The standard InChI is InChI=1S/C24H37N5O4/c1-15-4-5-16-10-18-19(20(31)32)22(33,14-30)12-23(15,18)24(16)13-29(9-6-17(24)11-27-3)21(25)28-8-7-26-2/h6,9,14-17,26-27,33H,4-5,7-8,10-13H2,1-3H3,(H2,25,28)(H,31,32)/t15-,16-,17-,22+,23+,24-/m1/s1. The second kappa shape index (κ2) is 8.52. The summed E-state index contributed by atoms with van der Waals surface area (Å²) < 4.78 is 0. The van der Waals surface area contributed by atoms with Crippen molar-refractivity contribution < 1.29 is 19.8 Å². The summed E-state index contributed by atoms with van der Waals surface area (Å²) in [6.45, 7) is 4.75. The molecule has 1 heterocycles. The molecule has 6 N–H and O–H groups in total. The summed E-state index contributed by atoms with van der Waals surface area (Å²) in [6, 6.07) is 0. The van der Waals surface area contributed by atoms with Gasteiger partial charge in [0.2, 0.25) is 0 Å². The second-order valence-electron chi connectivity index (χ2n) is 10.2. The predicted octanol–water partition coefficient (Wildman–Crippen LogP) is 0.323. The van der Waals surface area contributed by atoms with Gasteiger partial charge in [-0.05, 0) is 63.1 Å². The molecule has 182 valence electrons. The normalized spacial score (nSPS) is 39.9. The lowest BCUT2D eigenvalue weighted by Gasteiger charge is -2.60. The van der Waals surface area contributed by atoms with Gasteiger partial charge >= 0.3 is 5.97 Å². The lowest BCUT2D eigenvalue weighted by molar-refractivity contribution is -0.141. The largest absolute Gasteiger partial charge is 0.478 e. The van der Waals surface area contributed by atoms with E-state index < -0.39 is 17.0 Å². The van der Waals surface area contributed by atoms with E-state index >= 15 is 0 Å². The summed E-state index contributed by atoms with van der Waals surface area (Å²) in [5.74, 6) is -0.272. The molecule has 33 heavy (non-hydrogen) atoms. The van der Waals surface area contributed by atoms with E-state index in [4.69, 9.17) is 5.73 Å². The molecule has 0 aromatic rings. The van der Waals surface area contributed by atoms with Crippen molar-refractivity contribution in [1.82, 2.24) is 15.5 Å². The lowest BCUT2D eigenvalue weighted by atomic mass is 9.46. The minimum atomic E-state index is -1.96. The van der Waals surface area contributed by atoms with Gasteiger partial charge in [0, 0.05) is 36.7 Å². The van der Waals surface area contributed by atoms with Gasteiger partial charge < -0.3 is 31.5 Å². The SMILES string of the molecule is CNCCN=C(N)N1C=C[C@H](CNC)[C@@]2(C1)[C@@H]1CC[C@@H](C)[C@]23C[C@](O)(C=O)C(C(=O)O)=C3C1. The minimum Gasteiger partial charge on any atom is -0.478 e. The molecule has 0 radical (unpaired) electrons. The predicted molar refractivity (Wildman–Crippen MR) is 125 cm³/mol. The van der Waals surface area contributed by atoms with E-state index in [1.54, 1.807) is 0 Å². The van der Waals surface area contributed by atoms with Gasteiger partial charge in [-0.2, -0.15) is 0 Å². The average Bonchev–Trinajstić information content (AvgIpc) is 3.13. The molecule has 9 heteroatoms. The number of aliphatic hydroxyl groups is 1. The Labute approximate surface area is 195 Å². The molecule has 2 spiro atoms. The number of nitrogens with zero attached hydrogens (tertiary/aromatic N) is 2. The van der Waals surface area contributed by atoms with Crippen LogP contribution in [0.15, 0.2) is 28.4 Å². The van der Waals surface area contributed by atoms with Gasteiger partial charge in [-0.3, -0.25) is 9.79 Å². The highest BCUT2D eigenvalue weighted by molar-refractivity contribution is 5.98. The Morgan fingerprint density at radius 2 is 2.12 bits per heavy atom. The highest BCUT2D eigenvalue weighted by Crippen LogP contribution is 2.76. The van der Waals surface area contributed by atoms with Crippen molar-refractivity contribution in [2.75, 3.05) is 40.3 Å². The maximum Gasteiger partial charge on any atom is 0.334 e. The van der Waals surface area contributed by atoms with Crippen LogP contribution in [0, 0.1) is 28.6 Å². The molecule has 0 amide bonds. The Morgan fingerprint density at radius 1 is 1.36 bits per heavy atom. The van der Waals surface area contributed by atoms with Crippen molar-refractivity contribution in [3.63, 3.8) is 0 Å². The smallest absolute Gasteiger partial charge is 0.334 e. The second-order valence-corrected chi connectivity index (χ2v) is 10.2. The summed E-state index contributed by atoms with van der Waals surface area (Å²) in [7, 11) is 3.79. The van der Waals surface area contributed by atoms with Gasteiger partial charge in [-0.25, -0.2) is 4.79 Å². The molecule has 0 saturated heterocycles. The fraction of sp³-hybridized carbons (Fsp3) is 0.708. The molecule has 2 saturated carbocycles. The van der Waals surface area contributed by atoms with Crippen molar-refractivity contribution in [2.24, 2.45) is 39.3 Å². The summed E-state index contributed by atoms with van der Waals surface area (Å²) in [5, 5.41) is 27.8. The van der Waals surface area contributed by atoms with Gasteiger partial charge in [-0.1, -0.05) is 13.0 Å². The number of hydrogen-bond acceptors (Lipinski definition) is 6. The zero-order valence-electron chi connectivity index (χ0n) is 19.8. The van der Waals surface area contributed by atoms with Gasteiger partial charge in [-0.15, -0.1) is 0 Å². The number of rotatable bonds is 7. The van der Waals surface area contributed by atoms with Crippen LogP contribution in [0.3, 0.4) is 0 Å². The van der Waals surface area contributed by atoms with Crippen LogP contribution in [-0.4, -0.2) is 79.2 Å². The number of aldehydes is 1. The van der Waals surface area contributed by atoms with Crippen molar-refractivity contribution in [3.8, 4) is 0 Å². The highest BCUT2D eigenvalue weighted by Gasteiger charge is 2.74. The number of hydrogen-bond donors (Lipinski definition) is 5. The first kappa shape index (κ1) is 23.9. The fourth-order valence-corrected chi connectivity index (χ4v) is 7.77. The summed E-state index contributed by atoms with van der Waals surface area (Å²) >= 11 is 0. The van der Waals surface area contributed by atoms with E-state index in [1.165, 1.54) is 0 Å². The van der Waals surface area contributed by atoms with Crippen LogP contribution in [0.2, 0.25) is 0 Å². The number of carbonyl (C=O) groups excluding carboxylic acids is 1. The molecular formula is C24H37N5O4. The highest BCUT2D eigenvalue weighted by atomic mass is 16.4. The van der Waals surface area contributed by atoms with Crippen molar-refractivity contribution >= 4 is 18.2 Å². The molecular weight excluding hydrogens is 422 g/mol. The van der Waals surface area contributed by atoms with Crippen LogP contribution in [0.25, 0.3) is 0 Å². The average molecular weight is 460 g/mol. The number of nitrogens with two attached hydrogens (primary N) is 1. The maximum absolute atomic E-state index is 12.3.